The molecule has 2 heteroatoms. The van der Waals surface area contributed by atoms with E-state index >= 15 is 0 Å². The zero-order chi connectivity index (χ0) is 8.27. The molecule has 1 rings (SSSR count). The van der Waals surface area contributed by atoms with Crippen molar-refractivity contribution in [2.75, 3.05) is 4.43 Å². The zero-order valence-corrected chi connectivity index (χ0v) is 8.63. The first-order chi connectivity index (χ1) is 5.24. The van der Waals surface area contributed by atoms with Gasteiger partial charge in [0.15, 0.2) is 0 Å². The first-order valence-corrected chi connectivity index (χ1v) is 5.11. The number of halogens is 1. The lowest BCUT2D eigenvalue weighted by atomic mass is 10.1. The molecule has 0 aliphatic rings. The van der Waals surface area contributed by atoms with Crippen molar-refractivity contribution in [1.29, 1.82) is 0 Å². The number of phenols is 1. The molecule has 0 amide bonds. The summed E-state index contributed by atoms with van der Waals surface area (Å²) in [6, 6.07) is 5.54. The summed E-state index contributed by atoms with van der Waals surface area (Å²) in [4.78, 5) is 0. The minimum atomic E-state index is 0.361. The third kappa shape index (κ3) is 2.36. The number of aryl methyl sites for hydroxylation is 2. The van der Waals surface area contributed by atoms with E-state index in [1.165, 1.54) is 11.1 Å². The second kappa shape index (κ2) is 3.95. The Labute approximate surface area is 80.6 Å². The topological polar surface area (TPSA) is 20.2 Å². The van der Waals surface area contributed by atoms with Crippen molar-refractivity contribution in [3.63, 3.8) is 0 Å². The molecule has 0 saturated carbocycles. The number of rotatable bonds is 2. The van der Waals surface area contributed by atoms with Crippen molar-refractivity contribution in [2.45, 2.75) is 13.3 Å². The Morgan fingerprint density at radius 3 is 2.73 bits per heavy atom. The van der Waals surface area contributed by atoms with Gasteiger partial charge in [-0.25, -0.2) is 0 Å². The smallest absolute Gasteiger partial charge is 0.115 e. The lowest BCUT2D eigenvalue weighted by Crippen LogP contribution is -1.88. The van der Waals surface area contributed by atoms with Crippen LogP contribution >= 0.6 is 22.6 Å². The minimum absolute atomic E-state index is 0.361. The van der Waals surface area contributed by atoms with Crippen LogP contribution in [0, 0.1) is 6.92 Å². The van der Waals surface area contributed by atoms with Crippen LogP contribution in [-0.4, -0.2) is 9.53 Å². The highest BCUT2D eigenvalue weighted by Gasteiger charge is 1.97. The van der Waals surface area contributed by atoms with E-state index in [2.05, 4.69) is 22.6 Å². The molecule has 11 heavy (non-hydrogen) atoms. The number of hydrogen-bond acceptors (Lipinski definition) is 1. The highest BCUT2D eigenvalue weighted by atomic mass is 127. The Morgan fingerprint density at radius 1 is 1.45 bits per heavy atom. The van der Waals surface area contributed by atoms with Crippen LogP contribution < -0.4 is 0 Å². The van der Waals surface area contributed by atoms with Gasteiger partial charge < -0.3 is 5.11 Å². The van der Waals surface area contributed by atoms with Crippen molar-refractivity contribution < 1.29 is 5.11 Å². The van der Waals surface area contributed by atoms with E-state index in [1.54, 1.807) is 6.07 Å². The summed E-state index contributed by atoms with van der Waals surface area (Å²) >= 11 is 2.35. The fourth-order valence-corrected chi connectivity index (χ4v) is 1.64. The lowest BCUT2D eigenvalue weighted by Gasteiger charge is -2.02. The minimum Gasteiger partial charge on any atom is -0.508 e. The van der Waals surface area contributed by atoms with Crippen LogP contribution in [0.25, 0.3) is 0 Å². The average Bonchev–Trinajstić information content (AvgIpc) is 1.95. The standard InChI is InChI=1S/C9H11IO/c1-7-6-9(11)3-2-8(7)4-5-10/h2-3,6,11H,4-5H2,1H3. The molecular formula is C9H11IO. The summed E-state index contributed by atoms with van der Waals surface area (Å²) in [7, 11) is 0. The second-order valence-corrected chi connectivity index (χ2v) is 3.63. The Morgan fingerprint density at radius 2 is 2.18 bits per heavy atom. The van der Waals surface area contributed by atoms with Gasteiger partial charge in [-0.05, 0) is 36.6 Å². The molecule has 1 N–H and O–H groups in total. The summed E-state index contributed by atoms with van der Waals surface area (Å²) in [6.45, 7) is 2.03. The largest absolute Gasteiger partial charge is 0.508 e. The Balaban J connectivity index is 2.90. The van der Waals surface area contributed by atoms with E-state index < -0.39 is 0 Å². The maximum atomic E-state index is 9.10. The number of aromatic hydroxyl groups is 1. The molecule has 0 bridgehead atoms. The molecule has 0 aliphatic carbocycles. The van der Waals surface area contributed by atoms with Gasteiger partial charge in [0.1, 0.15) is 5.75 Å². The van der Waals surface area contributed by atoms with E-state index in [-0.39, 0.29) is 0 Å². The lowest BCUT2D eigenvalue weighted by molar-refractivity contribution is 0.474. The van der Waals surface area contributed by atoms with E-state index in [4.69, 9.17) is 5.11 Å². The molecule has 1 aromatic rings. The number of phenolic OH excluding ortho intramolecular Hbond substituents is 1. The molecule has 0 atom stereocenters. The van der Waals surface area contributed by atoms with E-state index in [9.17, 15) is 0 Å². The molecule has 0 unspecified atom stereocenters. The van der Waals surface area contributed by atoms with Gasteiger partial charge in [-0.2, -0.15) is 0 Å². The predicted molar refractivity (Wildman–Crippen MR) is 55.4 cm³/mol. The highest BCUT2D eigenvalue weighted by molar-refractivity contribution is 14.1. The van der Waals surface area contributed by atoms with Crippen molar-refractivity contribution in [3.8, 4) is 5.75 Å². The average molecular weight is 262 g/mol. The van der Waals surface area contributed by atoms with Crippen LogP contribution in [0.15, 0.2) is 18.2 Å². The quantitative estimate of drug-likeness (QED) is 0.641. The predicted octanol–water partition coefficient (Wildman–Crippen LogP) is 2.68. The third-order valence-corrected chi connectivity index (χ3v) is 2.23. The first kappa shape index (κ1) is 8.84. The summed E-state index contributed by atoms with van der Waals surface area (Å²) in [6.07, 6.45) is 1.09. The SMILES string of the molecule is Cc1cc(O)ccc1CCI. The highest BCUT2D eigenvalue weighted by Crippen LogP contribution is 2.16. The molecule has 0 spiro atoms. The van der Waals surface area contributed by atoms with Crippen LogP contribution in [0.3, 0.4) is 0 Å². The maximum Gasteiger partial charge on any atom is 0.115 e. The van der Waals surface area contributed by atoms with E-state index in [0.29, 0.717) is 5.75 Å². The van der Waals surface area contributed by atoms with Crippen molar-refractivity contribution in [3.05, 3.63) is 29.3 Å². The second-order valence-electron chi connectivity index (χ2n) is 2.55. The third-order valence-electron chi connectivity index (χ3n) is 1.69. The number of hydrogen-bond donors (Lipinski definition) is 1. The summed E-state index contributed by atoms with van der Waals surface area (Å²) in [5, 5.41) is 9.10. The summed E-state index contributed by atoms with van der Waals surface area (Å²) in [5.41, 5.74) is 2.51. The molecule has 1 aromatic carbocycles. The van der Waals surface area contributed by atoms with Gasteiger partial charge in [0.05, 0.1) is 0 Å². The van der Waals surface area contributed by atoms with Crippen molar-refractivity contribution in [1.82, 2.24) is 0 Å². The molecule has 1 nitrogen and oxygen atoms in total. The molecule has 0 radical (unpaired) electrons. The number of benzene rings is 1. The molecule has 0 heterocycles. The van der Waals surface area contributed by atoms with Gasteiger partial charge in [-0.3, -0.25) is 0 Å². The molecule has 0 saturated heterocycles. The van der Waals surface area contributed by atoms with Crippen LogP contribution in [-0.2, 0) is 6.42 Å². The summed E-state index contributed by atoms with van der Waals surface area (Å²) in [5.74, 6) is 0.361. The van der Waals surface area contributed by atoms with Gasteiger partial charge in [0.25, 0.3) is 0 Å². The van der Waals surface area contributed by atoms with E-state index in [1.807, 2.05) is 19.1 Å². The van der Waals surface area contributed by atoms with Crippen LogP contribution in [0.5, 0.6) is 5.75 Å². The van der Waals surface area contributed by atoms with Crippen molar-refractivity contribution in [2.24, 2.45) is 0 Å². The normalized spacial score (nSPS) is 10.0. The zero-order valence-electron chi connectivity index (χ0n) is 6.47. The number of alkyl halides is 1. The molecule has 0 fully saturated rings. The molecule has 0 aliphatic heterocycles. The van der Waals surface area contributed by atoms with Crippen LogP contribution in [0.1, 0.15) is 11.1 Å². The van der Waals surface area contributed by atoms with Crippen LogP contribution in [0.4, 0.5) is 0 Å². The van der Waals surface area contributed by atoms with Crippen molar-refractivity contribution >= 4 is 22.6 Å². The Kier molecular flexibility index (Phi) is 3.17. The van der Waals surface area contributed by atoms with E-state index in [0.717, 1.165) is 10.8 Å². The molecule has 0 aromatic heterocycles. The van der Waals surface area contributed by atoms with Gasteiger partial charge in [-0.15, -0.1) is 0 Å². The van der Waals surface area contributed by atoms with Gasteiger partial charge in [0, 0.05) is 4.43 Å². The summed E-state index contributed by atoms with van der Waals surface area (Å²) < 4.78 is 1.13. The Hall–Kier alpha value is -0.250. The maximum absolute atomic E-state index is 9.10. The van der Waals surface area contributed by atoms with Gasteiger partial charge in [0.2, 0.25) is 0 Å². The monoisotopic (exact) mass is 262 g/mol. The first-order valence-electron chi connectivity index (χ1n) is 3.58. The Bertz CT molecular complexity index is 245. The van der Waals surface area contributed by atoms with Gasteiger partial charge >= 0.3 is 0 Å². The fourth-order valence-electron chi connectivity index (χ4n) is 1.06. The fraction of sp³-hybridized carbons (Fsp3) is 0.333. The van der Waals surface area contributed by atoms with Gasteiger partial charge in [-0.1, -0.05) is 28.7 Å². The molecular weight excluding hydrogens is 251 g/mol. The molecule has 60 valence electrons. The van der Waals surface area contributed by atoms with Crippen LogP contribution in [0.2, 0.25) is 0 Å².